The van der Waals surface area contributed by atoms with Gasteiger partial charge < -0.3 is 10.2 Å². The number of nitrogens with one attached hydrogen (secondary N) is 1. The van der Waals surface area contributed by atoms with Crippen molar-refractivity contribution in [1.82, 2.24) is 9.88 Å². The Morgan fingerprint density at radius 1 is 1.20 bits per heavy atom. The van der Waals surface area contributed by atoms with Gasteiger partial charge in [-0.2, -0.15) is 0 Å². The lowest BCUT2D eigenvalue weighted by Gasteiger charge is -2.19. The molecule has 2 amide bonds. The summed E-state index contributed by atoms with van der Waals surface area (Å²) in [5, 5.41) is 3.94. The van der Waals surface area contributed by atoms with Gasteiger partial charge in [-0.05, 0) is 44.2 Å². The first-order chi connectivity index (χ1) is 12.0. The van der Waals surface area contributed by atoms with E-state index in [1.54, 1.807) is 47.5 Å². The van der Waals surface area contributed by atoms with Crippen LogP contribution in [0.4, 0.5) is 5.69 Å². The Morgan fingerprint density at radius 3 is 2.64 bits per heavy atom. The molecule has 1 N–H and O–H groups in total. The molecule has 132 valence electrons. The third-order valence-electron chi connectivity index (χ3n) is 3.51. The zero-order valence-corrected chi connectivity index (χ0v) is 15.7. The standard InChI is InChI=1S/C18H20ClN3O2S/c1-3-22(4-2)18(24)13-7-5-8-14(11-13)21-16(23)12-25-17-15(19)9-6-10-20-17/h5-11H,3-4,12H2,1-2H3,(H,21,23). The Labute approximate surface area is 156 Å². The van der Waals surface area contributed by atoms with Crippen LogP contribution in [0.25, 0.3) is 0 Å². The van der Waals surface area contributed by atoms with Crippen molar-refractivity contribution in [2.24, 2.45) is 0 Å². The predicted octanol–water partition coefficient (Wildman–Crippen LogP) is 3.95. The van der Waals surface area contributed by atoms with Crippen LogP contribution in [0.15, 0.2) is 47.6 Å². The molecule has 0 spiro atoms. The maximum atomic E-state index is 12.4. The largest absolute Gasteiger partial charge is 0.339 e. The topological polar surface area (TPSA) is 62.3 Å². The van der Waals surface area contributed by atoms with E-state index in [0.29, 0.717) is 34.4 Å². The summed E-state index contributed by atoms with van der Waals surface area (Å²) in [4.78, 5) is 30.4. The van der Waals surface area contributed by atoms with Gasteiger partial charge in [-0.25, -0.2) is 4.98 Å². The predicted molar refractivity (Wildman–Crippen MR) is 102 cm³/mol. The number of nitrogens with zero attached hydrogens (tertiary/aromatic N) is 2. The van der Waals surface area contributed by atoms with Gasteiger partial charge in [0.25, 0.3) is 5.91 Å². The number of benzene rings is 1. The highest BCUT2D eigenvalue weighted by Gasteiger charge is 2.13. The summed E-state index contributed by atoms with van der Waals surface area (Å²) < 4.78 is 0. The molecule has 25 heavy (non-hydrogen) atoms. The van der Waals surface area contributed by atoms with Crippen LogP contribution in [0.3, 0.4) is 0 Å². The molecule has 0 radical (unpaired) electrons. The molecule has 1 heterocycles. The van der Waals surface area contributed by atoms with Crippen LogP contribution in [0.1, 0.15) is 24.2 Å². The normalized spacial score (nSPS) is 10.4. The molecule has 0 saturated carbocycles. The van der Waals surface area contributed by atoms with Gasteiger partial charge in [0.2, 0.25) is 5.91 Å². The molecule has 0 unspecified atom stereocenters. The maximum absolute atomic E-state index is 12.4. The third-order valence-corrected chi connectivity index (χ3v) is 4.93. The molecular weight excluding hydrogens is 358 g/mol. The van der Waals surface area contributed by atoms with Crippen molar-refractivity contribution in [3.63, 3.8) is 0 Å². The number of carbonyl (C=O) groups excluding carboxylic acids is 2. The van der Waals surface area contributed by atoms with Crippen LogP contribution >= 0.6 is 23.4 Å². The molecule has 0 saturated heterocycles. The second-order valence-corrected chi connectivity index (χ2v) is 6.56. The molecule has 0 aliphatic rings. The number of hydrogen-bond donors (Lipinski definition) is 1. The van der Waals surface area contributed by atoms with E-state index in [1.165, 1.54) is 11.8 Å². The van der Waals surface area contributed by atoms with Crippen molar-refractivity contribution in [1.29, 1.82) is 0 Å². The summed E-state index contributed by atoms with van der Waals surface area (Å²) in [5.74, 6) is -0.0415. The summed E-state index contributed by atoms with van der Waals surface area (Å²) in [6.07, 6.45) is 1.63. The van der Waals surface area contributed by atoms with Gasteiger partial charge >= 0.3 is 0 Å². The molecule has 2 aromatic rings. The second-order valence-electron chi connectivity index (χ2n) is 5.19. The zero-order valence-electron chi connectivity index (χ0n) is 14.2. The maximum Gasteiger partial charge on any atom is 0.253 e. The molecule has 0 aliphatic carbocycles. The number of anilines is 1. The number of hydrogen-bond acceptors (Lipinski definition) is 4. The van der Waals surface area contributed by atoms with E-state index in [0.717, 1.165) is 0 Å². The van der Waals surface area contributed by atoms with Gasteiger partial charge in [-0.15, -0.1) is 0 Å². The number of pyridine rings is 1. The van der Waals surface area contributed by atoms with Gasteiger partial charge in [-0.3, -0.25) is 9.59 Å². The van der Waals surface area contributed by atoms with Crippen molar-refractivity contribution >= 4 is 40.9 Å². The van der Waals surface area contributed by atoms with E-state index in [9.17, 15) is 9.59 Å². The SMILES string of the molecule is CCN(CC)C(=O)c1cccc(NC(=O)CSc2ncccc2Cl)c1. The highest BCUT2D eigenvalue weighted by molar-refractivity contribution is 8.00. The first-order valence-corrected chi connectivity index (χ1v) is 9.34. The highest BCUT2D eigenvalue weighted by Crippen LogP contribution is 2.24. The van der Waals surface area contributed by atoms with Crippen molar-refractivity contribution in [3.05, 3.63) is 53.2 Å². The molecule has 7 heteroatoms. The van der Waals surface area contributed by atoms with E-state index in [4.69, 9.17) is 11.6 Å². The van der Waals surface area contributed by atoms with Gasteiger partial charge in [0, 0.05) is 30.5 Å². The molecule has 0 aliphatic heterocycles. The molecule has 1 aromatic carbocycles. The second kappa shape index (κ2) is 9.44. The number of carbonyl (C=O) groups is 2. The third kappa shape index (κ3) is 5.47. The Morgan fingerprint density at radius 2 is 1.96 bits per heavy atom. The van der Waals surface area contributed by atoms with E-state index in [-0.39, 0.29) is 17.6 Å². The minimum atomic E-state index is -0.181. The lowest BCUT2D eigenvalue weighted by atomic mass is 10.1. The van der Waals surface area contributed by atoms with Crippen molar-refractivity contribution < 1.29 is 9.59 Å². The van der Waals surface area contributed by atoms with Crippen molar-refractivity contribution in [2.45, 2.75) is 18.9 Å². The molecule has 0 bridgehead atoms. The zero-order chi connectivity index (χ0) is 18.2. The van der Waals surface area contributed by atoms with Crippen LogP contribution in [0, 0.1) is 0 Å². The number of aromatic nitrogens is 1. The minimum Gasteiger partial charge on any atom is -0.339 e. The first kappa shape index (κ1) is 19.3. The van der Waals surface area contributed by atoms with Crippen LogP contribution < -0.4 is 5.32 Å². The molecule has 5 nitrogen and oxygen atoms in total. The fourth-order valence-electron chi connectivity index (χ4n) is 2.23. The van der Waals surface area contributed by atoms with Crippen LogP contribution in [-0.4, -0.2) is 40.5 Å². The summed E-state index contributed by atoms with van der Waals surface area (Å²) >= 11 is 7.29. The average molecular weight is 378 g/mol. The van der Waals surface area contributed by atoms with E-state index in [2.05, 4.69) is 10.3 Å². The van der Waals surface area contributed by atoms with Crippen molar-refractivity contribution in [3.8, 4) is 0 Å². The minimum absolute atomic E-state index is 0.0456. The lowest BCUT2D eigenvalue weighted by Crippen LogP contribution is -2.30. The molecule has 1 aromatic heterocycles. The van der Waals surface area contributed by atoms with Crippen LogP contribution in [0.5, 0.6) is 0 Å². The lowest BCUT2D eigenvalue weighted by molar-refractivity contribution is -0.113. The quantitative estimate of drug-likeness (QED) is 0.742. The van der Waals surface area contributed by atoms with Gasteiger partial charge in [0.1, 0.15) is 5.03 Å². The number of halogens is 1. The fraction of sp³-hybridized carbons (Fsp3) is 0.278. The number of rotatable bonds is 7. The van der Waals surface area contributed by atoms with Crippen LogP contribution in [0.2, 0.25) is 5.02 Å². The molecule has 2 rings (SSSR count). The molecular formula is C18H20ClN3O2S. The molecule has 0 fully saturated rings. The fourth-order valence-corrected chi connectivity index (χ4v) is 3.20. The Kier molecular flexibility index (Phi) is 7.28. The number of amides is 2. The summed E-state index contributed by atoms with van der Waals surface area (Å²) in [5.41, 5.74) is 1.15. The van der Waals surface area contributed by atoms with Crippen molar-refractivity contribution in [2.75, 3.05) is 24.2 Å². The van der Waals surface area contributed by atoms with E-state index >= 15 is 0 Å². The smallest absolute Gasteiger partial charge is 0.253 e. The summed E-state index contributed by atoms with van der Waals surface area (Å²) in [6, 6.07) is 10.4. The summed E-state index contributed by atoms with van der Waals surface area (Å²) in [7, 11) is 0. The van der Waals surface area contributed by atoms with E-state index in [1.807, 2.05) is 13.8 Å². The van der Waals surface area contributed by atoms with Gasteiger partial charge in [-0.1, -0.05) is 29.4 Å². The average Bonchev–Trinajstić information content (AvgIpc) is 2.62. The Bertz CT molecular complexity index is 751. The first-order valence-electron chi connectivity index (χ1n) is 7.97. The monoisotopic (exact) mass is 377 g/mol. The Hall–Kier alpha value is -2.05. The number of thioether (sulfide) groups is 1. The van der Waals surface area contributed by atoms with Gasteiger partial charge in [0.05, 0.1) is 10.8 Å². The van der Waals surface area contributed by atoms with Crippen LogP contribution in [-0.2, 0) is 4.79 Å². The van der Waals surface area contributed by atoms with E-state index < -0.39 is 0 Å². The van der Waals surface area contributed by atoms with Gasteiger partial charge in [0.15, 0.2) is 0 Å². The highest BCUT2D eigenvalue weighted by atomic mass is 35.5. The summed E-state index contributed by atoms with van der Waals surface area (Å²) in [6.45, 7) is 5.17. The molecule has 0 atom stereocenters. The Balaban J connectivity index is 1.98.